The van der Waals surface area contributed by atoms with E-state index in [0.29, 0.717) is 0 Å². The molecule has 1 N–H and O–H groups in total. The Morgan fingerprint density at radius 2 is 1.62 bits per heavy atom. The fourth-order valence-corrected chi connectivity index (χ4v) is 1.34. The van der Waals surface area contributed by atoms with Crippen LogP contribution >= 0.6 is 0 Å². The third-order valence-corrected chi connectivity index (χ3v) is 2.43. The lowest BCUT2D eigenvalue weighted by Gasteiger charge is -2.26. The summed E-state index contributed by atoms with van der Waals surface area (Å²) in [6, 6.07) is 4.18. The van der Waals surface area contributed by atoms with Crippen molar-refractivity contribution in [3.63, 3.8) is 0 Å². The molecule has 0 atom stereocenters. The van der Waals surface area contributed by atoms with E-state index in [-0.39, 0.29) is 5.69 Å². The van der Waals surface area contributed by atoms with Crippen LogP contribution in [-0.2, 0) is 5.92 Å². The van der Waals surface area contributed by atoms with Crippen LogP contribution in [0.2, 0.25) is 0 Å². The number of halogens is 7. The van der Waals surface area contributed by atoms with E-state index in [0.717, 1.165) is 0 Å². The Morgan fingerprint density at radius 3 is 2.14 bits per heavy atom. The maximum Gasteiger partial charge on any atom is 0.460 e. The Hall–Kier alpha value is -2.20. The lowest BCUT2D eigenvalue weighted by molar-refractivity contribution is -0.361. The van der Waals surface area contributed by atoms with Crippen molar-refractivity contribution in [3.05, 3.63) is 30.2 Å². The minimum Gasteiger partial charge on any atom is -0.257 e. The first-order valence-electron chi connectivity index (χ1n) is 5.24. The van der Waals surface area contributed by atoms with Crippen LogP contribution < -0.4 is 0 Å². The third-order valence-electron chi connectivity index (χ3n) is 2.43. The molecule has 114 valence electrons. The van der Waals surface area contributed by atoms with Crippen LogP contribution in [0.15, 0.2) is 24.4 Å². The Labute approximate surface area is 112 Å². The van der Waals surface area contributed by atoms with Gasteiger partial charge in [0.1, 0.15) is 5.69 Å². The molecule has 0 aromatic carbocycles. The molecule has 0 amide bonds. The van der Waals surface area contributed by atoms with Crippen LogP contribution in [0.4, 0.5) is 30.7 Å². The molecule has 0 saturated heterocycles. The van der Waals surface area contributed by atoms with Gasteiger partial charge in [-0.2, -0.15) is 35.8 Å². The highest BCUT2D eigenvalue weighted by Gasteiger charge is 2.75. The molecular weight excluding hydrogens is 309 g/mol. The van der Waals surface area contributed by atoms with Gasteiger partial charge in [-0.25, -0.2) is 4.98 Å². The molecule has 0 radical (unpaired) electrons. The Bertz CT molecular complexity index is 620. The molecule has 0 spiro atoms. The van der Waals surface area contributed by atoms with Gasteiger partial charge >= 0.3 is 18.0 Å². The first-order valence-corrected chi connectivity index (χ1v) is 5.24. The van der Waals surface area contributed by atoms with Crippen molar-refractivity contribution >= 4 is 0 Å². The van der Waals surface area contributed by atoms with Crippen molar-refractivity contribution in [1.82, 2.24) is 20.2 Å². The molecule has 2 aromatic heterocycles. The number of rotatable bonds is 3. The number of hydrogen-bond donors (Lipinski definition) is 1. The van der Waals surface area contributed by atoms with E-state index in [2.05, 4.69) is 15.1 Å². The van der Waals surface area contributed by atoms with Gasteiger partial charge in [0, 0.05) is 6.20 Å². The maximum atomic E-state index is 13.3. The van der Waals surface area contributed by atoms with E-state index in [1.807, 2.05) is 0 Å². The molecule has 0 aliphatic carbocycles. The quantitative estimate of drug-likeness (QED) is 0.886. The van der Waals surface area contributed by atoms with Crippen molar-refractivity contribution in [2.24, 2.45) is 0 Å². The lowest BCUT2D eigenvalue weighted by Crippen LogP contribution is -2.50. The summed E-state index contributed by atoms with van der Waals surface area (Å²) in [7, 11) is 0. The summed E-state index contributed by atoms with van der Waals surface area (Å²) in [6.07, 6.45) is -5.19. The number of hydrogen-bond acceptors (Lipinski definition) is 3. The van der Waals surface area contributed by atoms with Gasteiger partial charge in [0.05, 0.1) is 0 Å². The number of aromatic nitrogens is 4. The summed E-state index contributed by atoms with van der Waals surface area (Å²) in [6.45, 7) is 0. The topological polar surface area (TPSA) is 54.5 Å². The van der Waals surface area contributed by atoms with Gasteiger partial charge in [-0.05, 0) is 12.1 Å². The van der Waals surface area contributed by atoms with Crippen LogP contribution in [0.5, 0.6) is 0 Å². The van der Waals surface area contributed by atoms with Crippen LogP contribution in [0, 0.1) is 0 Å². The fourth-order valence-electron chi connectivity index (χ4n) is 1.34. The van der Waals surface area contributed by atoms with Gasteiger partial charge in [0.2, 0.25) is 5.82 Å². The van der Waals surface area contributed by atoms with Crippen LogP contribution in [0.3, 0.4) is 0 Å². The second-order valence-corrected chi connectivity index (χ2v) is 3.87. The number of aromatic amines is 1. The minimum absolute atomic E-state index is 0.0638. The van der Waals surface area contributed by atoms with Crippen molar-refractivity contribution < 1.29 is 30.7 Å². The van der Waals surface area contributed by atoms with Crippen molar-refractivity contribution in [2.45, 2.75) is 18.0 Å². The lowest BCUT2D eigenvalue weighted by atomic mass is 10.1. The first kappa shape index (κ1) is 15.2. The van der Waals surface area contributed by atoms with E-state index in [4.69, 9.17) is 0 Å². The first-order chi connectivity index (χ1) is 9.57. The SMILES string of the molecule is FC(F)(F)C(F)(F)C(F)(F)c1nc(-c2ccccn2)n[nH]1. The smallest absolute Gasteiger partial charge is 0.257 e. The van der Waals surface area contributed by atoms with Crippen molar-refractivity contribution in [1.29, 1.82) is 0 Å². The number of alkyl halides is 7. The molecule has 0 aliphatic heterocycles. The highest BCUT2D eigenvalue weighted by Crippen LogP contribution is 2.50. The third kappa shape index (κ3) is 2.43. The zero-order valence-electron chi connectivity index (χ0n) is 9.80. The van der Waals surface area contributed by atoms with Crippen LogP contribution in [-0.4, -0.2) is 32.3 Å². The van der Waals surface area contributed by atoms with E-state index in [1.54, 1.807) is 0 Å². The monoisotopic (exact) mass is 314 g/mol. The minimum atomic E-state index is -6.44. The number of nitrogens with zero attached hydrogens (tertiary/aromatic N) is 3. The number of pyridine rings is 1. The standard InChI is InChI=1S/C10H5F7N4/c11-8(12,9(13,14)10(15,16)17)7-19-6(20-21-7)5-3-1-2-4-18-5/h1-4H,(H,19,20,21). The summed E-state index contributed by atoms with van der Waals surface area (Å²) in [4.78, 5) is 6.63. The average molecular weight is 314 g/mol. The molecule has 2 heterocycles. The molecule has 2 aromatic rings. The summed E-state index contributed by atoms with van der Waals surface area (Å²) in [5.41, 5.74) is -0.0638. The zero-order valence-corrected chi connectivity index (χ0v) is 9.80. The number of nitrogens with one attached hydrogen (secondary N) is 1. The molecule has 0 aliphatic rings. The predicted octanol–water partition coefficient (Wildman–Crippen LogP) is 3.16. The summed E-state index contributed by atoms with van der Waals surface area (Å²) < 4.78 is 88.4. The van der Waals surface area contributed by atoms with Gasteiger partial charge in [-0.15, -0.1) is 0 Å². The number of H-pyrrole nitrogens is 1. The van der Waals surface area contributed by atoms with Crippen LogP contribution in [0.25, 0.3) is 11.5 Å². The van der Waals surface area contributed by atoms with Gasteiger partial charge < -0.3 is 0 Å². The zero-order chi connectivity index (χ0) is 15.9. The molecule has 0 fully saturated rings. The molecule has 2 rings (SSSR count). The fraction of sp³-hybridized carbons (Fsp3) is 0.300. The van der Waals surface area contributed by atoms with E-state index in [9.17, 15) is 30.7 Å². The summed E-state index contributed by atoms with van der Waals surface area (Å²) >= 11 is 0. The summed E-state index contributed by atoms with van der Waals surface area (Å²) in [5, 5.41) is 4.56. The van der Waals surface area contributed by atoms with Gasteiger partial charge in [-0.3, -0.25) is 10.1 Å². The Kier molecular flexibility index (Phi) is 3.38. The van der Waals surface area contributed by atoms with E-state index < -0.39 is 29.7 Å². The Morgan fingerprint density at radius 1 is 0.952 bits per heavy atom. The highest BCUT2D eigenvalue weighted by molar-refractivity contribution is 5.47. The van der Waals surface area contributed by atoms with Crippen LogP contribution in [0.1, 0.15) is 5.82 Å². The molecule has 21 heavy (non-hydrogen) atoms. The van der Waals surface area contributed by atoms with Gasteiger partial charge in [0.25, 0.3) is 0 Å². The Balaban J connectivity index is 2.41. The van der Waals surface area contributed by atoms with E-state index in [1.165, 1.54) is 29.5 Å². The molecule has 11 heteroatoms. The molecule has 0 saturated carbocycles. The highest BCUT2D eigenvalue weighted by atomic mass is 19.4. The molecule has 0 unspecified atom stereocenters. The van der Waals surface area contributed by atoms with Crippen molar-refractivity contribution in [2.75, 3.05) is 0 Å². The van der Waals surface area contributed by atoms with Gasteiger partial charge in [-0.1, -0.05) is 6.07 Å². The van der Waals surface area contributed by atoms with Crippen molar-refractivity contribution in [3.8, 4) is 11.5 Å². The predicted molar refractivity (Wildman–Crippen MR) is 54.5 cm³/mol. The molecular formula is C10H5F7N4. The second-order valence-electron chi connectivity index (χ2n) is 3.87. The average Bonchev–Trinajstić information content (AvgIpc) is 2.88. The molecule has 0 bridgehead atoms. The largest absolute Gasteiger partial charge is 0.460 e. The normalized spacial score (nSPS) is 13.5. The second kappa shape index (κ2) is 4.67. The molecule has 4 nitrogen and oxygen atoms in total. The maximum absolute atomic E-state index is 13.3. The van der Waals surface area contributed by atoms with E-state index >= 15 is 0 Å². The summed E-state index contributed by atoms with van der Waals surface area (Å²) in [5.74, 6) is -14.3. The van der Waals surface area contributed by atoms with Gasteiger partial charge in [0.15, 0.2) is 5.82 Å².